The summed E-state index contributed by atoms with van der Waals surface area (Å²) in [5.74, 6) is 0.0356. The lowest BCUT2D eigenvalue weighted by atomic mass is 9.95. The van der Waals surface area contributed by atoms with E-state index in [-0.39, 0.29) is 18.4 Å². The number of nitrogens with zero attached hydrogens (tertiary/aromatic N) is 1. The van der Waals surface area contributed by atoms with Crippen molar-refractivity contribution in [3.63, 3.8) is 0 Å². The number of carboxylic acid groups (broad SMARTS) is 1. The second-order valence-corrected chi connectivity index (χ2v) is 5.80. The molecule has 2 aliphatic rings. The summed E-state index contributed by atoms with van der Waals surface area (Å²) in [7, 11) is 0. The molecule has 1 saturated heterocycles. The Labute approximate surface area is 119 Å². The molecule has 0 radical (unpaired) electrons. The summed E-state index contributed by atoms with van der Waals surface area (Å²) in [6, 6.07) is -0.102. The van der Waals surface area contributed by atoms with Gasteiger partial charge >= 0.3 is 12.0 Å². The number of urea groups is 1. The number of piperidine rings is 1. The van der Waals surface area contributed by atoms with Crippen LogP contribution in [0.2, 0.25) is 0 Å². The molecule has 0 spiro atoms. The number of amides is 2. The third-order valence-corrected chi connectivity index (χ3v) is 3.84. The van der Waals surface area contributed by atoms with Crippen LogP contribution >= 0.6 is 0 Å². The second kappa shape index (κ2) is 7.47. The number of likely N-dealkylation sites (tertiary alicyclic amines) is 1. The van der Waals surface area contributed by atoms with Gasteiger partial charge in [-0.1, -0.05) is 0 Å². The average Bonchev–Trinajstić information content (AvgIpc) is 3.22. The molecule has 20 heavy (non-hydrogen) atoms. The molecule has 1 heterocycles. The Kier molecular flexibility index (Phi) is 5.64. The molecule has 1 aliphatic carbocycles. The standard InChI is InChI=1S/C14H24N2O4/c17-13(18)8-12-2-1-6-16(9-12)14(19)15-5-7-20-10-11-3-4-11/h11-12H,1-10H2,(H,15,19)(H,17,18). The number of rotatable bonds is 7. The molecule has 6 nitrogen and oxygen atoms in total. The molecule has 0 aromatic heterocycles. The first-order valence-corrected chi connectivity index (χ1v) is 7.47. The van der Waals surface area contributed by atoms with E-state index in [4.69, 9.17) is 9.84 Å². The summed E-state index contributed by atoms with van der Waals surface area (Å²) >= 11 is 0. The van der Waals surface area contributed by atoms with Crippen LogP contribution in [0.15, 0.2) is 0 Å². The van der Waals surface area contributed by atoms with Crippen molar-refractivity contribution in [2.45, 2.75) is 32.1 Å². The van der Waals surface area contributed by atoms with Crippen molar-refractivity contribution >= 4 is 12.0 Å². The second-order valence-electron chi connectivity index (χ2n) is 5.80. The third-order valence-electron chi connectivity index (χ3n) is 3.84. The van der Waals surface area contributed by atoms with E-state index < -0.39 is 5.97 Å². The first kappa shape index (κ1) is 15.1. The average molecular weight is 284 g/mol. The van der Waals surface area contributed by atoms with Crippen LogP contribution in [0.1, 0.15) is 32.1 Å². The molecule has 1 atom stereocenters. The van der Waals surface area contributed by atoms with Crippen LogP contribution in [0, 0.1) is 11.8 Å². The highest BCUT2D eigenvalue weighted by atomic mass is 16.5. The Balaban J connectivity index is 1.59. The highest BCUT2D eigenvalue weighted by molar-refractivity contribution is 5.74. The molecule has 6 heteroatoms. The van der Waals surface area contributed by atoms with Crippen molar-refractivity contribution < 1.29 is 19.4 Å². The first-order chi connectivity index (χ1) is 9.65. The van der Waals surface area contributed by atoms with Crippen molar-refractivity contribution in [3.05, 3.63) is 0 Å². The lowest BCUT2D eigenvalue weighted by molar-refractivity contribution is -0.138. The van der Waals surface area contributed by atoms with E-state index in [1.54, 1.807) is 4.90 Å². The number of carbonyl (C=O) groups is 2. The Morgan fingerprint density at radius 1 is 1.25 bits per heavy atom. The van der Waals surface area contributed by atoms with Gasteiger partial charge in [-0.15, -0.1) is 0 Å². The molecule has 1 saturated carbocycles. The molecule has 1 unspecified atom stereocenters. The summed E-state index contributed by atoms with van der Waals surface area (Å²) < 4.78 is 5.46. The van der Waals surface area contributed by atoms with Gasteiger partial charge in [-0.3, -0.25) is 4.79 Å². The Morgan fingerprint density at radius 3 is 2.75 bits per heavy atom. The molecule has 0 aromatic carbocycles. The van der Waals surface area contributed by atoms with Gasteiger partial charge in [-0.05, 0) is 37.5 Å². The molecule has 2 N–H and O–H groups in total. The van der Waals surface area contributed by atoms with Crippen molar-refractivity contribution in [2.75, 3.05) is 32.8 Å². The summed E-state index contributed by atoms with van der Waals surface area (Å²) in [6.07, 6.45) is 4.45. The lowest BCUT2D eigenvalue weighted by Gasteiger charge is -2.32. The zero-order valence-corrected chi connectivity index (χ0v) is 11.8. The van der Waals surface area contributed by atoms with Crippen molar-refractivity contribution in [1.29, 1.82) is 0 Å². The van der Waals surface area contributed by atoms with Crippen LogP contribution in [-0.4, -0.2) is 54.9 Å². The zero-order chi connectivity index (χ0) is 14.4. The Morgan fingerprint density at radius 2 is 2.05 bits per heavy atom. The van der Waals surface area contributed by atoms with Crippen LogP contribution in [-0.2, 0) is 9.53 Å². The van der Waals surface area contributed by atoms with Gasteiger partial charge in [0.15, 0.2) is 0 Å². The van der Waals surface area contributed by atoms with Crippen LogP contribution in [0.3, 0.4) is 0 Å². The number of aliphatic carboxylic acids is 1. The largest absolute Gasteiger partial charge is 0.481 e. The number of carbonyl (C=O) groups excluding carboxylic acids is 1. The van der Waals surface area contributed by atoms with Gasteiger partial charge in [0, 0.05) is 32.7 Å². The predicted octanol–water partition coefficient (Wildman–Crippen LogP) is 1.31. The van der Waals surface area contributed by atoms with E-state index in [2.05, 4.69) is 5.32 Å². The highest BCUT2D eigenvalue weighted by Gasteiger charge is 2.25. The van der Waals surface area contributed by atoms with Crippen LogP contribution in [0.4, 0.5) is 4.79 Å². The summed E-state index contributed by atoms with van der Waals surface area (Å²) in [6.45, 7) is 3.13. The van der Waals surface area contributed by atoms with Gasteiger partial charge in [0.05, 0.1) is 6.61 Å². The molecule has 1 aliphatic heterocycles. The smallest absolute Gasteiger partial charge is 0.317 e. The molecule has 0 aromatic rings. The normalized spacial score (nSPS) is 22.6. The maximum atomic E-state index is 12.0. The van der Waals surface area contributed by atoms with Crippen molar-refractivity contribution in [2.24, 2.45) is 11.8 Å². The fraction of sp³-hybridized carbons (Fsp3) is 0.857. The van der Waals surface area contributed by atoms with Gasteiger partial charge in [0.1, 0.15) is 0 Å². The Bertz CT molecular complexity index is 344. The first-order valence-electron chi connectivity index (χ1n) is 7.47. The predicted molar refractivity (Wildman–Crippen MR) is 73.5 cm³/mol. The molecule has 114 valence electrons. The van der Waals surface area contributed by atoms with Crippen LogP contribution < -0.4 is 5.32 Å². The quantitative estimate of drug-likeness (QED) is 0.691. The minimum absolute atomic E-state index is 0.0816. The van der Waals surface area contributed by atoms with Crippen molar-refractivity contribution in [1.82, 2.24) is 10.2 Å². The topological polar surface area (TPSA) is 78.9 Å². The summed E-state index contributed by atoms with van der Waals surface area (Å²) in [5.41, 5.74) is 0. The maximum absolute atomic E-state index is 12.0. The number of carboxylic acids is 1. The van der Waals surface area contributed by atoms with E-state index in [1.807, 2.05) is 0 Å². The lowest BCUT2D eigenvalue weighted by Crippen LogP contribution is -2.46. The van der Waals surface area contributed by atoms with E-state index in [0.29, 0.717) is 26.2 Å². The van der Waals surface area contributed by atoms with Gasteiger partial charge < -0.3 is 20.1 Å². The SMILES string of the molecule is O=C(O)CC1CCCN(C(=O)NCCOCC2CC2)C1. The monoisotopic (exact) mass is 284 g/mol. The minimum Gasteiger partial charge on any atom is -0.481 e. The van der Waals surface area contributed by atoms with Gasteiger partial charge in [-0.25, -0.2) is 4.79 Å². The molecular weight excluding hydrogens is 260 g/mol. The van der Waals surface area contributed by atoms with E-state index in [0.717, 1.165) is 25.4 Å². The van der Waals surface area contributed by atoms with E-state index in [9.17, 15) is 9.59 Å². The molecule has 2 fully saturated rings. The van der Waals surface area contributed by atoms with Crippen LogP contribution in [0.5, 0.6) is 0 Å². The molecular formula is C14H24N2O4. The summed E-state index contributed by atoms with van der Waals surface area (Å²) in [5, 5.41) is 11.6. The van der Waals surface area contributed by atoms with Gasteiger partial charge in [0.25, 0.3) is 0 Å². The molecule has 2 amide bonds. The maximum Gasteiger partial charge on any atom is 0.317 e. The number of nitrogens with one attached hydrogen (secondary N) is 1. The fourth-order valence-electron chi connectivity index (χ4n) is 2.54. The number of ether oxygens (including phenoxy) is 1. The number of hydrogen-bond donors (Lipinski definition) is 2. The summed E-state index contributed by atoms with van der Waals surface area (Å²) in [4.78, 5) is 24.4. The minimum atomic E-state index is -0.786. The molecule has 2 rings (SSSR count). The fourth-order valence-corrected chi connectivity index (χ4v) is 2.54. The van der Waals surface area contributed by atoms with Crippen molar-refractivity contribution in [3.8, 4) is 0 Å². The number of hydrogen-bond acceptors (Lipinski definition) is 3. The van der Waals surface area contributed by atoms with Gasteiger partial charge in [-0.2, -0.15) is 0 Å². The van der Waals surface area contributed by atoms with E-state index in [1.165, 1.54) is 12.8 Å². The van der Waals surface area contributed by atoms with E-state index >= 15 is 0 Å². The molecule has 0 bridgehead atoms. The zero-order valence-electron chi connectivity index (χ0n) is 11.8. The Hall–Kier alpha value is -1.30. The highest BCUT2D eigenvalue weighted by Crippen LogP contribution is 2.28. The van der Waals surface area contributed by atoms with Gasteiger partial charge in [0.2, 0.25) is 0 Å². The third kappa shape index (κ3) is 5.36. The van der Waals surface area contributed by atoms with Crippen LogP contribution in [0.25, 0.3) is 0 Å².